The minimum Gasteiger partial charge on any atom is -0.492 e. The molecular weight excluding hydrogens is 464 g/mol. The van der Waals surface area contributed by atoms with Gasteiger partial charge in [-0.1, -0.05) is 15.9 Å². The number of hydrogen-bond donors (Lipinski definition) is 1. The van der Waals surface area contributed by atoms with E-state index >= 15 is 0 Å². The van der Waals surface area contributed by atoms with Crippen LogP contribution in [0.25, 0.3) is 27.8 Å². The molecule has 0 fully saturated rings. The summed E-state index contributed by atoms with van der Waals surface area (Å²) in [5, 5.41) is 4.63. The van der Waals surface area contributed by atoms with E-state index in [4.69, 9.17) is 15.5 Å². The van der Waals surface area contributed by atoms with Crippen LogP contribution in [0.15, 0.2) is 40.9 Å². The molecule has 0 bridgehead atoms. The largest absolute Gasteiger partial charge is 0.492 e. The molecule has 4 aromatic rings. The molecule has 146 valence electrons. The molecule has 10 heteroatoms. The fourth-order valence-corrected chi connectivity index (χ4v) is 4.55. The number of thiazole rings is 1. The van der Waals surface area contributed by atoms with Gasteiger partial charge in [0, 0.05) is 27.4 Å². The maximum absolute atomic E-state index is 14.3. The molecule has 0 atom stereocenters. The first-order chi connectivity index (χ1) is 14.0. The van der Waals surface area contributed by atoms with E-state index in [1.54, 1.807) is 0 Å². The third kappa shape index (κ3) is 3.18. The summed E-state index contributed by atoms with van der Waals surface area (Å²) >= 11 is 4.87. The van der Waals surface area contributed by atoms with E-state index in [0.717, 1.165) is 38.5 Å². The summed E-state index contributed by atoms with van der Waals surface area (Å²) in [7, 11) is 0. The molecule has 1 aliphatic rings. The lowest BCUT2D eigenvalue weighted by molar-refractivity contribution is 0.327. The zero-order chi connectivity index (χ0) is 20.1. The fourth-order valence-electron chi connectivity index (χ4n) is 3.18. The number of aromatic nitrogens is 4. The van der Waals surface area contributed by atoms with Crippen LogP contribution >= 0.6 is 27.3 Å². The molecule has 29 heavy (non-hydrogen) atoms. The molecule has 0 spiro atoms. The standard InChI is InChI=1S/C19H12BrF2N5OS/c20-9-1-3-11-14(7-9)28-6-5-15-16(11)24-18(29-15)17-25-19(23)26-27(17)13-4-2-10(21)8-12(13)22/h1-4,7-8H,5-6H2,(H2,23,26). The number of nitrogens with two attached hydrogens (primary N) is 1. The van der Waals surface area contributed by atoms with Crippen molar-refractivity contribution in [3.05, 3.63) is 57.4 Å². The molecular formula is C19H12BrF2N5OS. The third-order valence-electron chi connectivity index (χ3n) is 4.44. The number of halogens is 3. The Hall–Kier alpha value is -2.85. The van der Waals surface area contributed by atoms with E-state index in [9.17, 15) is 8.78 Å². The van der Waals surface area contributed by atoms with Crippen molar-refractivity contribution in [2.24, 2.45) is 0 Å². The molecule has 2 aromatic heterocycles. The lowest BCUT2D eigenvalue weighted by Gasteiger charge is -2.07. The maximum atomic E-state index is 14.3. The van der Waals surface area contributed by atoms with Crippen molar-refractivity contribution >= 4 is 33.2 Å². The Balaban J connectivity index is 1.67. The van der Waals surface area contributed by atoms with Crippen molar-refractivity contribution in [2.75, 3.05) is 12.3 Å². The molecule has 1 aliphatic heterocycles. The Bertz CT molecular complexity index is 1260. The lowest BCUT2D eigenvalue weighted by atomic mass is 10.1. The summed E-state index contributed by atoms with van der Waals surface area (Å²) < 4.78 is 35.7. The monoisotopic (exact) mass is 475 g/mol. The van der Waals surface area contributed by atoms with Crippen molar-refractivity contribution in [2.45, 2.75) is 6.42 Å². The molecule has 0 saturated carbocycles. The molecule has 3 heterocycles. The minimum atomic E-state index is -0.766. The predicted octanol–water partition coefficient (Wildman–Crippen LogP) is 4.62. The number of rotatable bonds is 2. The number of benzene rings is 2. The number of nitrogen functional groups attached to an aromatic ring is 1. The highest BCUT2D eigenvalue weighted by atomic mass is 79.9. The van der Waals surface area contributed by atoms with E-state index in [2.05, 4.69) is 26.0 Å². The smallest absolute Gasteiger partial charge is 0.240 e. The van der Waals surface area contributed by atoms with Crippen LogP contribution < -0.4 is 10.5 Å². The molecule has 0 saturated heterocycles. The van der Waals surface area contributed by atoms with Gasteiger partial charge in [0.15, 0.2) is 16.6 Å². The van der Waals surface area contributed by atoms with E-state index in [0.29, 0.717) is 23.9 Å². The van der Waals surface area contributed by atoms with Crippen LogP contribution in [0.3, 0.4) is 0 Å². The highest BCUT2D eigenvalue weighted by Gasteiger charge is 2.24. The molecule has 0 radical (unpaired) electrons. The third-order valence-corrected chi connectivity index (χ3v) is 6.04. The topological polar surface area (TPSA) is 78.9 Å². The molecule has 6 nitrogen and oxygen atoms in total. The molecule has 0 aliphatic carbocycles. The first kappa shape index (κ1) is 18.2. The van der Waals surface area contributed by atoms with Gasteiger partial charge in [0.05, 0.1) is 12.3 Å². The van der Waals surface area contributed by atoms with E-state index in [-0.39, 0.29) is 11.6 Å². The van der Waals surface area contributed by atoms with Crippen molar-refractivity contribution in [1.29, 1.82) is 0 Å². The first-order valence-corrected chi connectivity index (χ1v) is 10.2. The van der Waals surface area contributed by atoms with Crippen LogP contribution in [0.5, 0.6) is 5.75 Å². The maximum Gasteiger partial charge on any atom is 0.240 e. The van der Waals surface area contributed by atoms with Gasteiger partial charge < -0.3 is 10.5 Å². The molecule has 2 N–H and O–H groups in total. The molecule has 5 rings (SSSR count). The molecule has 2 aromatic carbocycles. The molecule has 0 unspecified atom stereocenters. The summed E-state index contributed by atoms with van der Waals surface area (Å²) in [4.78, 5) is 10.0. The first-order valence-electron chi connectivity index (χ1n) is 8.60. The summed E-state index contributed by atoms with van der Waals surface area (Å²) in [6.07, 6.45) is 0.674. The Morgan fingerprint density at radius 3 is 2.83 bits per heavy atom. The number of hydrogen-bond acceptors (Lipinski definition) is 6. The van der Waals surface area contributed by atoms with E-state index < -0.39 is 11.6 Å². The van der Waals surface area contributed by atoms with Crippen molar-refractivity contribution in [3.63, 3.8) is 0 Å². The van der Waals surface area contributed by atoms with E-state index in [1.807, 2.05) is 18.2 Å². The second kappa shape index (κ2) is 6.89. The Morgan fingerprint density at radius 1 is 1.14 bits per heavy atom. The quantitative estimate of drug-likeness (QED) is 0.457. The molecule has 0 amide bonds. The Labute approximate surface area is 176 Å². The van der Waals surface area contributed by atoms with Gasteiger partial charge in [-0.3, -0.25) is 0 Å². The van der Waals surface area contributed by atoms with Gasteiger partial charge in [0.1, 0.15) is 17.3 Å². The minimum absolute atomic E-state index is 0.0261. The zero-order valence-corrected chi connectivity index (χ0v) is 17.1. The van der Waals surface area contributed by atoms with Gasteiger partial charge in [-0.2, -0.15) is 4.98 Å². The highest BCUT2D eigenvalue weighted by Crippen LogP contribution is 2.41. The lowest BCUT2D eigenvalue weighted by Crippen LogP contribution is -2.03. The number of fused-ring (bicyclic) bond motifs is 3. The van der Waals surface area contributed by atoms with Crippen molar-refractivity contribution in [1.82, 2.24) is 19.7 Å². The fraction of sp³-hybridized carbons (Fsp3) is 0.105. The van der Waals surface area contributed by atoms with Gasteiger partial charge in [-0.15, -0.1) is 16.4 Å². The van der Waals surface area contributed by atoms with Crippen LogP contribution in [0.2, 0.25) is 0 Å². The van der Waals surface area contributed by atoms with Crippen LogP contribution in [-0.2, 0) is 6.42 Å². The van der Waals surface area contributed by atoms with Crippen molar-refractivity contribution in [3.8, 4) is 33.5 Å². The Morgan fingerprint density at radius 2 is 2.00 bits per heavy atom. The van der Waals surface area contributed by atoms with Crippen LogP contribution in [0.1, 0.15) is 4.88 Å². The van der Waals surface area contributed by atoms with Crippen LogP contribution in [0, 0.1) is 11.6 Å². The van der Waals surface area contributed by atoms with Crippen LogP contribution in [-0.4, -0.2) is 26.4 Å². The van der Waals surface area contributed by atoms with Gasteiger partial charge in [-0.25, -0.2) is 18.4 Å². The number of anilines is 1. The zero-order valence-electron chi connectivity index (χ0n) is 14.7. The Kier molecular flexibility index (Phi) is 4.32. The average molecular weight is 476 g/mol. The summed E-state index contributed by atoms with van der Waals surface area (Å²) in [5.74, 6) is -0.435. The summed E-state index contributed by atoms with van der Waals surface area (Å²) in [6, 6.07) is 9.00. The van der Waals surface area contributed by atoms with Gasteiger partial charge in [0.2, 0.25) is 5.95 Å². The number of nitrogens with zero attached hydrogens (tertiary/aromatic N) is 4. The normalized spacial score (nSPS) is 12.8. The van der Waals surface area contributed by atoms with Crippen LogP contribution in [0.4, 0.5) is 14.7 Å². The number of ether oxygens (including phenoxy) is 1. The average Bonchev–Trinajstić information content (AvgIpc) is 3.21. The summed E-state index contributed by atoms with van der Waals surface area (Å²) in [6.45, 7) is 0.513. The summed E-state index contributed by atoms with van der Waals surface area (Å²) in [5.41, 5.74) is 7.49. The second-order valence-electron chi connectivity index (χ2n) is 6.33. The van der Waals surface area contributed by atoms with E-state index in [1.165, 1.54) is 22.1 Å². The van der Waals surface area contributed by atoms with Gasteiger partial charge in [0.25, 0.3) is 0 Å². The van der Waals surface area contributed by atoms with Gasteiger partial charge >= 0.3 is 0 Å². The predicted molar refractivity (Wildman–Crippen MR) is 109 cm³/mol. The highest BCUT2D eigenvalue weighted by molar-refractivity contribution is 9.10. The van der Waals surface area contributed by atoms with Gasteiger partial charge in [-0.05, 0) is 30.3 Å². The SMILES string of the molecule is Nc1nc(-c2nc3c(s2)CCOc2cc(Br)ccc2-3)n(-c2ccc(F)cc2F)n1. The second-order valence-corrected chi connectivity index (χ2v) is 8.33. The van der Waals surface area contributed by atoms with Crippen molar-refractivity contribution < 1.29 is 13.5 Å².